The second-order valence-corrected chi connectivity index (χ2v) is 6.25. The number of aryl methyl sites for hydroxylation is 1. The molecule has 6 heteroatoms. The standard InChI is InChI=1S/C20H22N2O4/c1-12-6-5-7-15(13(12)2)21-16-11-19(23)22(20(16)24)17-9-8-14(25-3)10-18(17)26-4/h5-10,16,21H,11H2,1-4H3/t16-/m1/s1. The van der Waals surface area contributed by atoms with Crippen LogP contribution < -0.4 is 19.7 Å². The van der Waals surface area contributed by atoms with Gasteiger partial charge in [0, 0.05) is 11.8 Å². The van der Waals surface area contributed by atoms with Crippen molar-refractivity contribution >= 4 is 23.2 Å². The van der Waals surface area contributed by atoms with Crippen LogP contribution >= 0.6 is 0 Å². The molecule has 0 unspecified atom stereocenters. The predicted molar refractivity (Wildman–Crippen MR) is 100.0 cm³/mol. The summed E-state index contributed by atoms with van der Waals surface area (Å²) >= 11 is 0. The van der Waals surface area contributed by atoms with Gasteiger partial charge in [-0.15, -0.1) is 0 Å². The molecule has 136 valence electrons. The van der Waals surface area contributed by atoms with Crippen molar-refractivity contribution in [3.05, 3.63) is 47.5 Å². The Bertz CT molecular complexity index is 863. The van der Waals surface area contributed by atoms with E-state index in [1.165, 1.54) is 12.0 Å². The molecule has 1 aliphatic heterocycles. The van der Waals surface area contributed by atoms with Crippen LogP contribution in [0.5, 0.6) is 11.5 Å². The second kappa shape index (κ2) is 7.07. The first-order valence-corrected chi connectivity index (χ1v) is 8.38. The maximum Gasteiger partial charge on any atom is 0.256 e. The second-order valence-electron chi connectivity index (χ2n) is 6.25. The summed E-state index contributed by atoms with van der Waals surface area (Å²) in [7, 11) is 3.04. The molecular weight excluding hydrogens is 332 g/mol. The molecule has 1 atom stereocenters. The van der Waals surface area contributed by atoms with Gasteiger partial charge < -0.3 is 14.8 Å². The average molecular weight is 354 g/mol. The fourth-order valence-corrected chi connectivity index (χ4v) is 3.06. The number of hydrogen-bond donors (Lipinski definition) is 1. The summed E-state index contributed by atoms with van der Waals surface area (Å²) in [6.07, 6.45) is 0.0986. The van der Waals surface area contributed by atoms with Crippen molar-refractivity contribution in [2.24, 2.45) is 0 Å². The SMILES string of the molecule is COc1ccc(N2C(=O)C[C@@H](Nc3cccc(C)c3C)C2=O)c(OC)c1. The van der Waals surface area contributed by atoms with Crippen LogP contribution in [-0.4, -0.2) is 32.1 Å². The molecule has 1 saturated heterocycles. The summed E-state index contributed by atoms with van der Waals surface area (Å²) < 4.78 is 10.5. The van der Waals surface area contributed by atoms with Gasteiger partial charge in [-0.2, -0.15) is 0 Å². The number of anilines is 2. The first-order valence-electron chi connectivity index (χ1n) is 8.38. The smallest absolute Gasteiger partial charge is 0.256 e. The van der Waals surface area contributed by atoms with Crippen molar-refractivity contribution in [2.45, 2.75) is 26.3 Å². The summed E-state index contributed by atoms with van der Waals surface area (Å²) in [4.78, 5) is 26.6. The maximum absolute atomic E-state index is 12.9. The molecule has 2 amide bonds. The lowest BCUT2D eigenvalue weighted by Gasteiger charge is -2.20. The molecule has 1 aliphatic rings. The number of carbonyl (C=O) groups excluding carboxylic acids is 2. The monoisotopic (exact) mass is 354 g/mol. The van der Waals surface area contributed by atoms with Crippen LogP contribution in [0.3, 0.4) is 0 Å². The van der Waals surface area contributed by atoms with E-state index in [0.29, 0.717) is 17.2 Å². The average Bonchev–Trinajstić information content (AvgIpc) is 2.91. The third-order valence-electron chi connectivity index (χ3n) is 4.71. The highest BCUT2D eigenvalue weighted by Crippen LogP contribution is 2.35. The largest absolute Gasteiger partial charge is 0.497 e. The minimum atomic E-state index is -0.602. The van der Waals surface area contributed by atoms with Gasteiger partial charge in [0.2, 0.25) is 5.91 Å². The highest BCUT2D eigenvalue weighted by atomic mass is 16.5. The number of ether oxygens (including phenoxy) is 2. The van der Waals surface area contributed by atoms with E-state index in [-0.39, 0.29) is 18.2 Å². The fourth-order valence-electron chi connectivity index (χ4n) is 3.06. The van der Waals surface area contributed by atoms with Gasteiger partial charge in [-0.25, -0.2) is 4.90 Å². The summed E-state index contributed by atoms with van der Waals surface area (Å²) in [6, 6.07) is 10.3. The Hall–Kier alpha value is -3.02. The summed E-state index contributed by atoms with van der Waals surface area (Å²) in [6.45, 7) is 4.00. The first-order chi connectivity index (χ1) is 12.5. The predicted octanol–water partition coefficient (Wildman–Crippen LogP) is 3.06. The van der Waals surface area contributed by atoms with Gasteiger partial charge in [0.25, 0.3) is 5.91 Å². The topological polar surface area (TPSA) is 67.9 Å². The molecule has 0 saturated carbocycles. The number of hydrogen-bond acceptors (Lipinski definition) is 5. The van der Waals surface area contributed by atoms with Gasteiger partial charge in [0.1, 0.15) is 17.5 Å². The van der Waals surface area contributed by atoms with E-state index in [1.807, 2.05) is 32.0 Å². The Labute approximate surface area is 152 Å². The van der Waals surface area contributed by atoms with E-state index in [1.54, 1.807) is 25.3 Å². The van der Waals surface area contributed by atoms with Gasteiger partial charge in [-0.05, 0) is 43.2 Å². The van der Waals surface area contributed by atoms with Crippen molar-refractivity contribution in [3.8, 4) is 11.5 Å². The lowest BCUT2D eigenvalue weighted by molar-refractivity contribution is -0.121. The molecular formula is C20H22N2O4. The zero-order valence-corrected chi connectivity index (χ0v) is 15.3. The van der Waals surface area contributed by atoms with E-state index in [9.17, 15) is 9.59 Å². The van der Waals surface area contributed by atoms with Crippen molar-refractivity contribution in [1.29, 1.82) is 0 Å². The van der Waals surface area contributed by atoms with E-state index in [4.69, 9.17) is 9.47 Å². The molecule has 0 spiro atoms. The highest BCUT2D eigenvalue weighted by molar-refractivity contribution is 6.23. The summed E-state index contributed by atoms with van der Waals surface area (Å²) in [5, 5.41) is 3.21. The molecule has 3 rings (SSSR count). The molecule has 0 aromatic heterocycles. The number of imide groups is 1. The Balaban J connectivity index is 1.89. The van der Waals surface area contributed by atoms with Crippen molar-refractivity contribution in [3.63, 3.8) is 0 Å². The maximum atomic E-state index is 12.9. The molecule has 1 heterocycles. The summed E-state index contributed by atoms with van der Waals surface area (Å²) in [5.41, 5.74) is 3.47. The molecule has 6 nitrogen and oxygen atoms in total. The van der Waals surface area contributed by atoms with Crippen LogP contribution in [0.2, 0.25) is 0 Å². The van der Waals surface area contributed by atoms with Crippen LogP contribution in [0.25, 0.3) is 0 Å². The molecule has 2 aromatic rings. The minimum Gasteiger partial charge on any atom is -0.497 e. The number of carbonyl (C=O) groups is 2. The normalized spacial score (nSPS) is 16.8. The number of rotatable bonds is 5. The van der Waals surface area contributed by atoms with Crippen LogP contribution in [-0.2, 0) is 9.59 Å². The summed E-state index contributed by atoms with van der Waals surface area (Å²) in [5.74, 6) is 0.453. The zero-order chi connectivity index (χ0) is 18.8. The molecule has 0 aliphatic carbocycles. The molecule has 0 radical (unpaired) electrons. The lowest BCUT2D eigenvalue weighted by atomic mass is 10.1. The van der Waals surface area contributed by atoms with Crippen molar-refractivity contribution in [1.82, 2.24) is 0 Å². The van der Waals surface area contributed by atoms with Gasteiger partial charge in [0.05, 0.1) is 26.3 Å². The molecule has 0 bridgehead atoms. The van der Waals surface area contributed by atoms with Crippen LogP contribution in [0.1, 0.15) is 17.5 Å². The molecule has 1 fully saturated rings. The fraction of sp³-hybridized carbons (Fsp3) is 0.300. The number of nitrogens with zero attached hydrogens (tertiary/aromatic N) is 1. The van der Waals surface area contributed by atoms with Crippen LogP contribution in [0.4, 0.5) is 11.4 Å². The van der Waals surface area contributed by atoms with E-state index >= 15 is 0 Å². The van der Waals surface area contributed by atoms with E-state index < -0.39 is 6.04 Å². The van der Waals surface area contributed by atoms with Gasteiger partial charge in [-0.1, -0.05) is 12.1 Å². The Kier molecular flexibility index (Phi) is 4.84. The van der Waals surface area contributed by atoms with Crippen molar-refractivity contribution in [2.75, 3.05) is 24.4 Å². The van der Waals surface area contributed by atoms with Crippen LogP contribution in [0, 0.1) is 13.8 Å². The minimum absolute atomic E-state index is 0.0986. The number of nitrogens with one attached hydrogen (secondary N) is 1. The third kappa shape index (κ3) is 3.10. The Morgan fingerprint density at radius 3 is 2.54 bits per heavy atom. The van der Waals surface area contributed by atoms with Gasteiger partial charge in [0.15, 0.2) is 0 Å². The van der Waals surface area contributed by atoms with Crippen LogP contribution in [0.15, 0.2) is 36.4 Å². The Morgan fingerprint density at radius 1 is 1.08 bits per heavy atom. The number of methoxy groups -OCH3 is 2. The van der Waals surface area contributed by atoms with Gasteiger partial charge in [-0.3, -0.25) is 9.59 Å². The van der Waals surface area contributed by atoms with E-state index in [0.717, 1.165) is 16.8 Å². The quantitative estimate of drug-likeness (QED) is 0.836. The lowest BCUT2D eigenvalue weighted by Crippen LogP contribution is -2.35. The Morgan fingerprint density at radius 2 is 1.85 bits per heavy atom. The highest BCUT2D eigenvalue weighted by Gasteiger charge is 2.41. The molecule has 26 heavy (non-hydrogen) atoms. The first kappa shape index (κ1) is 17.8. The van der Waals surface area contributed by atoms with Crippen molar-refractivity contribution < 1.29 is 19.1 Å². The number of amides is 2. The third-order valence-corrected chi connectivity index (χ3v) is 4.71. The zero-order valence-electron chi connectivity index (χ0n) is 15.3. The molecule has 1 N–H and O–H groups in total. The molecule has 2 aromatic carbocycles. The van der Waals surface area contributed by atoms with Gasteiger partial charge >= 0.3 is 0 Å². The van der Waals surface area contributed by atoms with E-state index in [2.05, 4.69) is 5.32 Å². The number of benzene rings is 2.